The molecule has 2 N–H and O–H groups in total. The van der Waals surface area contributed by atoms with Gasteiger partial charge in [-0.1, -0.05) is 18.2 Å². The summed E-state index contributed by atoms with van der Waals surface area (Å²) in [7, 11) is 3.44. The third-order valence-electron chi connectivity index (χ3n) is 4.45. The van der Waals surface area contributed by atoms with Crippen LogP contribution >= 0.6 is 24.0 Å². The van der Waals surface area contributed by atoms with Crippen LogP contribution in [0, 0.1) is 13.8 Å². The summed E-state index contributed by atoms with van der Waals surface area (Å²) in [5.74, 6) is 3.36. The maximum absolute atomic E-state index is 5.46. The van der Waals surface area contributed by atoms with E-state index in [2.05, 4.69) is 37.7 Å². The average molecular weight is 506 g/mol. The van der Waals surface area contributed by atoms with Crippen LogP contribution in [0.3, 0.4) is 0 Å². The van der Waals surface area contributed by atoms with Gasteiger partial charge in [0.05, 0.1) is 7.11 Å². The number of hydrogen-bond acceptors (Lipinski definition) is 4. The normalized spacial score (nSPS) is 11.0. The average Bonchev–Trinajstić information content (AvgIpc) is 3.15. The van der Waals surface area contributed by atoms with E-state index in [4.69, 9.17) is 4.74 Å². The molecule has 0 aliphatic heterocycles. The van der Waals surface area contributed by atoms with E-state index in [9.17, 15) is 0 Å². The predicted octanol–water partition coefficient (Wildman–Crippen LogP) is 3.38. The summed E-state index contributed by atoms with van der Waals surface area (Å²) in [6.07, 6.45) is 5.53. The summed E-state index contributed by atoms with van der Waals surface area (Å²) in [6.45, 7) is 5.25. The Morgan fingerprint density at radius 2 is 1.90 bits per heavy atom. The zero-order chi connectivity index (χ0) is 19.9. The van der Waals surface area contributed by atoms with Gasteiger partial charge < -0.3 is 15.4 Å². The Balaban J connectivity index is 0.00000300. The van der Waals surface area contributed by atoms with Crippen molar-refractivity contribution < 1.29 is 4.74 Å². The van der Waals surface area contributed by atoms with Crippen LogP contribution in [-0.2, 0) is 13.1 Å². The van der Waals surface area contributed by atoms with Crippen molar-refractivity contribution in [2.24, 2.45) is 4.99 Å². The lowest BCUT2D eigenvalue weighted by molar-refractivity contribution is 0.408. The van der Waals surface area contributed by atoms with E-state index in [1.807, 2.05) is 49.0 Å². The molecule has 0 amide bonds. The minimum atomic E-state index is 0. The summed E-state index contributed by atoms with van der Waals surface area (Å²) in [4.78, 5) is 13.0. The van der Waals surface area contributed by atoms with Gasteiger partial charge in [-0.2, -0.15) is 0 Å². The number of aliphatic imine (C=N–C) groups is 1. The Hall–Kier alpha value is -2.62. The fourth-order valence-electron chi connectivity index (χ4n) is 2.87. The molecular weight excluding hydrogens is 479 g/mol. The zero-order valence-corrected chi connectivity index (χ0v) is 19.5. The highest BCUT2D eigenvalue weighted by molar-refractivity contribution is 14.0. The predicted molar refractivity (Wildman–Crippen MR) is 126 cm³/mol. The molecule has 0 aliphatic carbocycles. The van der Waals surface area contributed by atoms with E-state index < -0.39 is 0 Å². The number of aromatic nitrogens is 3. The van der Waals surface area contributed by atoms with Gasteiger partial charge in [0.2, 0.25) is 0 Å². The van der Waals surface area contributed by atoms with E-state index in [0.717, 1.165) is 34.5 Å². The van der Waals surface area contributed by atoms with E-state index in [-0.39, 0.29) is 24.0 Å². The minimum absolute atomic E-state index is 0. The second kappa shape index (κ2) is 10.8. The van der Waals surface area contributed by atoms with Crippen LogP contribution in [0.15, 0.2) is 53.9 Å². The lowest BCUT2D eigenvalue weighted by Gasteiger charge is -2.14. The number of aryl methyl sites for hydroxylation is 2. The van der Waals surface area contributed by atoms with Gasteiger partial charge >= 0.3 is 0 Å². The molecule has 0 bridgehead atoms. The largest absolute Gasteiger partial charge is 0.496 e. The van der Waals surface area contributed by atoms with Crippen molar-refractivity contribution in [1.82, 2.24) is 25.2 Å². The first-order valence-electron chi connectivity index (χ1n) is 9.14. The first-order valence-corrected chi connectivity index (χ1v) is 9.14. The second-order valence-corrected chi connectivity index (χ2v) is 6.46. The quantitative estimate of drug-likeness (QED) is 0.305. The van der Waals surface area contributed by atoms with Gasteiger partial charge in [0.1, 0.15) is 17.4 Å². The van der Waals surface area contributed by atoms with Crippen molar-refractivity contribution in [3.05, 3.63) is 71.4 Å². The van der Waals surface area contributed by atoms with E-state index >= 15 is 0 Å². The minimum Gasteiger partial charge on any atom is -0.496 e. The van der Waals surface area contributed by atoms with Crippen molar-refractivity contribution in [3.8, 4) is 11.6 Å². The molecule has 154 valence electrons. The second-order valence-electron chi connectivity index (χ2n) is 6.46. The first-order chi connectivity index (χ1) is 13.6. The molecule has 0 unspecified atom stereocenters. The van der Waals surface area contributed by atoms with Crippen molar-refractivity contribution in [2.75, 3.05) is 14.2 Å². The highest BCUT2D eigenvalue weighted by Crippen LogP contribution is 2.19. The maximum Gasteiger partial charge on any atom is 0.191 e. The van der Waals surface area contributed by atoms with Gasteiger partial charge in [0.15, 0.2) is 5.96 Å². The molecule has 0 spiro atoms. The number of imidazole rings is 1. The Kier molecular flexibility index (Phi) is 8.44. The van der Waals surface area contributed by atoms with Crippen LogP contribution in [0.2, 0.25) is 0 Å². The Bertz CT molecular complexity index is 952. The summed E-state index contributed by atoms with van der Waals surface area (Å²) < 4.78 is 7.41. The molecule has 2 heterocycles. The third kappa shape index (κ3) is 5.93. The Labute approximate surface area is 188 Å². The zero-order valence-electron chi connectivity index (χ0n) is 17.1. The van der Waals surface area contributed by atoms with Crippen LogP contribution in [0.4, 0.5) is 0 Å². The van der Waals surface area contributed by atoms with Gasteiger partial charge in [-0.25, -0.2) is 9.97 Å². The fraction of sp³-hybridized carbons (Fsp3) is 0.286. The number of pyridine rings is 1. The molecule has 1 aromatic carbocycles. The van der Waals surface area contributed by atoms with E-state index in [1.165, 1.54) is 5.56 Å². The summed E-state index contributed by atoms with van der Waals surface area (Å²) in [5.41, 5.74) is 3.32. The van der Waals surface area contributed by atoms with Crippen LogP contribution in [0.5, 0.6) is 5.75 Å². The lowest BCUT2D eigenvalue weighted by Crippen LogP contribution is -2.36. The highest BCUT2D eigenvalue weighted by atomic mass is 127. The molecule has 7 nitrogen and oxygen atoms in total. The fourth-order valence-corrected chi connectivity index (χ4v) is 2.87. The molecule has 2 aromatic heterocycles. The van der Waals surface area contributed by atoms with Crippen LogP contribution in [0.25, 0.3) is 5.82 Å². The van der Waals surface area contributed by atoms with Gasteiger partial charge in [0.25, 0.3) is 0 Å². The van der Waals surface area contributed by atoms with Crippen molar-refractivity contribution in [1.29, 1.82) is 0 Å². The number of hydrogen-bond donors (Lipinski definition) is 2. The SMILES string of the molecule is CN=C(NCc1ccc(-n2ccnc2C)nc1)NCc1ccc(C)cc1OC.I. The molecule has 29 heavy (non-hydrogen) atoms. The standard InChI is InChI=1S/C21H26N6O.HI/c1-15-5-7-18(19(11-15)28-4)14-26-21(22-3)25-13-17-6-8-20(24-12-17)27-10-9-23-16(27)2;/h5-12H,13-14H2,1-4H3,(H2,22,25,26);1H. The van der Waals surface area contributed by atoms with Crippen molar-refractivity contribution in [2.45, 2.75) is 26.9 Å². The van der Waals surface area contributed by atoms with E-state index in [1.54, 1.807) is 20.4 Å². The Morgan fingerprint density at radius 1 is 1.10 bits per heavy atom. The molecule has 3 aromatic rings. The molecule has 0 saturated carbocycles. The monoisotopic (exact) mass is 506 g/mol. The highest BCUT2D eigenvalue weighted by Gasteiger charge is 2.06. The van der Waals surface area contributed by atoms with Crippen molar-refractivity contribution >= 4 is 29.9 Å². The number of nitrogens with zero attached hydrogens (tertiary/aromatic N) is 4. The van der Waals surface area contributed by atoms with Crippen LogP contribution < -0.4 is 15.4 Å². The molecule has 3 rings (SSSR count). The number of nitrogens with one attached hydrogen (secondary N) is 2. The number of halogens is 1. The number of ether oxygens (including phenoxy) is 1. The van der Waals surface area contributed by atoms with Crippen LogP contribution in [0.1, 0.15) is 22.5 Å². The molecule has 0 saturated heterocycles. The van der Waals surface area contributed by atoms with E-state index in [0.29, 0.717) is 13.1 Å². The molecule has 0 aliphatic rings. The van der Waals surface area contributed by atoms with Gasteiger partial charge in [-0.15, -0.1) is 24.0 Å². The first kappa shape index (κ1) is 22.7. The topological polar surface area (TPSA) is 76.4 Å². The number of guanidine groups is 1. The summed E-state index contributed by atoms with van der Waals surface area (Å²) in [5, 5.41) is 6.63. The third-order valence-corrected chi connectivity index (χ3v) is 4.45. The number of rotatable bonds is 6. The van der Waals surface area contributed by atoms with Crippen molar-refractivity contribution in [3.63, 3.8) is 0 Å². The molecule has 8 heteroatoms. The molecule has 0 fully saturated rings. The number of methoxy groups -OCH3 is 1. The van der Waals surface area contributed by atoms with Crippen LogP contribution in [-0.4, -0.2) is 34.7 Å². The van der Waals surface area contributed by atoms with Gasteiger partial charge in [-0.05, 0) is 37.1 Å². The maximum atomic E-state index is 5.46. The molecule has 0 atom stereocenters. The smallest absolute Gasteiger partial charge is 0.191 e. The summed E-state index contributed by atoms with van der Waals surface area (Å²) >= 11 is 0. The van der Waals surface area contributed by atoms with Gasteiger partial charge in [-0.3, -0.25) is 9.56 Å². The molecular formula is C21H27IN6O. The van der Waals surface area contributed by atoms with Gasteiger partial charge in [0, 0.05) is 44.3 Å². The molecule has 0 radical (unpaired) electrons. The summed E-state index contributed by atoms with van der Waals surface area (Å²) in [6, 6.07) is 10.2. The Morgan fingerprint density at radius 3 is 2.52 bits per heavy atom. The number of benzene rings is 1. The lowest BCUT2D eigenvalue weighted by atomic mass is 10.1.